The van der Waals surface area contributed by atoms with Crippen LogP contribution in [0.25, 0.3) is 0 Å². The second kappa shape index (κ2) is 5.31. The summed E-state index contributed by atoms with van der Waals surface area (Å²) >= 11 is 3.11. The number of fused-ring (bicyclic) bond motifs is 1. The van der Waals surface area contributed by atoms with Gasteiger partial charge in [-0.2, -0.15) is 0 Å². The van der Waals surface area contributed by atoms with E-state index in [4.69, 9.17) is 4.74 Å². The number of nitrogens with zero attached hydrogens (tertiary/aromatic N) is 1. The first-order valence-electron chi connectivity index (χ1n) is 6.20. The van der Waals surface area contributed by atoms with Crippen LogP contribution in [-0.2, 0) is 10.0 Å². The van der Waals surface area contributed by atoms with E-state index in [-0.39, 0.29) is 22.5 Å². The Balaban J connectivity index is 2.12. The second-order valence-corrected chi connectivity index (χ2v) is 7.15. The summed E-state index contributed by atoms with van der Waals surface area (Å²) in [6, 6.07) is 10.5. The van der Waals surface area contributed by atoms with Crippen molar-refractivity contribution >= 4 is 31.6 Å². The molecular weight excluding hydrogens is 361 g/mol. The van der Waals surface area contributed by atoms with Crippen molar-refractivity contribution in [1.82, 2.24) is 0 Å². The zero-order valence-electron chi connectivity index (χ0n) is 10.8. The summed E-state index contributed by atoms with van der Waals surface area (Å²) < 4.78 is 45.7. The van der Waals surface area contributed by atoms with E-state index in [0.717, 1.165) is 12.1 Å². The summed E-state index contributed by atoms with van der Waals surface area (Å²) in [4.78, 5) is 0.0283. The molecule has 1 aliphatic heterocycles. The Morgan fingerprint density at radius 1 is 1.19 bits per heavy atom. The van der Waals surface area contributed by atoms with Crippen LogP contribution >= 0.6 is 15.9 Å². The minimum Gasteiger partial charge on any atom is -0.489 e. The first-order chi connectivity index (χ1) is 10.00. The molecule has 4 nitrogen and oxygen atoms in total. The number of hydrogen-bond donors (Lipinski definition) is 0. The third-order valence-corrected chi connectivity index (χ3v) is 5.94. The smallest absolute Gasteiger partial charge is 0.265 e. The van der Waals surface area contributed by atoms with Gasteiger partial charge >= 0.3 is 0 Å². The van der Waals surface area contributed by atoms with Crippen LogP contribution in [0.1, 0.15) is 0 Å². The van der Waals surface area contributed by atoms with E-state index in [9.17, 15) is 12.8 Å². The molecule has 0 radical (unpaired) electrons. The number of sulfonamides is 1. The van der Waals surface area contributed by atoms with Crippen LogP contribution < -0.4 is 9.04 Å². The van der Waals surface area contributed by atoms with Gasteiger partial charge in [0.15, 0.2) is 0 Å². The van der Waals surface area contributed by atoms with Gasteiger partial charge < -0.3 is 4.74 Å². The molecule has 0 atom stereocenters. The molecule has 0 unspecified atom stereocenters. The Hall–Kier alpha value is -1.60. The Kier molecular flexibility index (Phi) is 3.62. The normalized spacial score (nSPS) is 14.5. The molecule has 2 aromatic carbocycles. The van der Waals surface area contributed by atoms with Crippen molar-refractivity contribution in [3.05, 3.63) is 52.8 Å². The highest BCUT2D eigenvalue weighted by atomic mass is 79.9. The molecule has 0 amide bonds. The topological polar surface area (TPSA) is 46.6 Å². The van der Waals surface area contributed by atoms with Gasteiger partial charge in [0, 0.05) is 4.47 Å². The molecule has 0 saturated carbocycles. The molecule has 1 heterocycles. The quantitative estimate of drug-likeness (QED) is 0.814. The van der Waals surface area contributed by atoms with Gasteiger partial charge in [-0.05, 0) is 46.3 Å². The average Bonchev–Trinajstić information content (AvgIpc) is 2.46. The third-order valence-electron chi connectivity index (χ3n) is 3.15. The Morgan fingerprint density at radius 3 is 2.71 bits per heavy atom. The molecular formula is C14H11BrFNO3S. The fraction of sp³-hybridized carbons (Fsp3) is 0.143. The highest BCUT2D eigenvalue weighted by molar-refractivity contribution is 9.10. The highest BCUT2D eigenvalue weighted by Crippen LogP contribution is 2.36. The molecule has 2 aromatic rings. The van der Waals surface area contributed by atoms with Gasteiger partial charge in [0.05, 0.1) is 12.2 Å². The molecule has 1 aliphatic rings. The monoisotopic (exact) mass is 371 g/mol. The lowest BCUT2D eigenvalue weighted by Gasteiger charge is -2.30. The van der Waals surface area contributed by atoms with Crippen LogP contribution in [0.5, 0.6) is 5.75 Å². The molecule has 7 heteroatoms. The predicted molar refractivity (Wildman–Crippen MR) is 80.6 cm³/mol. The van der Waals surface area contributed by atoms with Gasteiger partial charge in [-0.15, -0.1) is 0 Å². The van der Waals surface area contributed by atoms with E-state index >= 15 is 0 Å². The maximum Gasteiger partial charge on any atom is 0.265 e. The van der Waals surface area contributed by atoms with E-state index in [2.05, 4.69) is 15.9 Å². The standard InChI is InChI=1S/C14H11BrFNO3S/c15-11-9-10(16)5-6-14(11)21(18,19)17-7-8-20-13-4-2-1-3-12(13)17/h1-6,9H,7-8H2. The number of anilines is 1. The van der Waals surface area contributed by atoms with Crippen LogP contribution in [0, 0.1) is 5.82 Å². The first-order valence-corrected chi connectivity index (χ1v) is 8.43. The van der Waals surface area contributed by atoms with Crippen molar-refractivity contribution in [3.63, 3.8) is 0 Å². The van der Waals surface area contributed by atoms with Crippen LogP contribution in [0.3, 0.4) is 0 Å². The molecule has 0 aromatic heterocycles. The second-order valence-electron chi connectivity index (χ2n) is 4.47. The first kappa shape index (κ1) is 14.3. The Bertz CT molecular complexity index is 795. The van der Waals surface area contributed by atoms with Crippen LogP contribution in [0.2, 0.25) is 0 Å². The number of ether oxygens (including phenoxy) is 1. The minimum absolute atomic E-state index is 0.0283. The van der Waals surface area contributed by atoms with E-state index in [1.165, 1.54) is 10.4 Å². The van der Waals surface area contributed by atoms with Crippen molar-refractivity contribution in [2.24, 2.45) is 0 Å². The molecule has 0 saturated heterocycles. The number of hydrogen-bond acceptors (Lipinski definition) is 3. The summed E-state index contributed by atoms with van der Waals surface area (Å²) in [7, 11) is -3.78. The third kappa shape index (κ3) is 2.51. The van der Waals surface area contributed by atoms with Crippen molar-refractivity contribution in [2.45, 2.75) is 4.90 Å². The van der Waals surface area contributed by atoms with Gasteiger partial charge in [0.1, 0.15) is 23.1 Å². The van der Waals surface area contributed by atoms with E-state index in [0.29, 0.717) is 11.4 Å². The summed E-state index contributed by atoms with van der Waals surface area (Å²) in [5.41, 5.74) is 0.486. The lowest BCUT2D eigenvalue weighted by molar-refractivity contribution is 0.316. The minimum atomic E-state index is -3.78. The molecule has 21 heavy (non-hydrogen) atoms. The zero-order valence-corrected chi connectivity index (χ0v) is 13.2. The van der Waals surface area contributed by atoms with Crippen molar-refractivity contribution in [3.8, 4) is 5.75 Å². The molecule has 0 aliphatic carbocycles. The maximum atomic E-state index is 13.2. The van der Waals surface area contributed by atoms with Crippen LogP contribution in [-0.4, -0.2) is 21.6 Å². The molecule has 3 rings (SSSR count). The summed E-state index contributed by atoms with van der Waals surface area (Å²) in [6.45, 7) is 0.484. The van der Waals surface area contributed by atoms with Crippen molar-refractivity contribution < 1.29 is 17.5 Å². The largest absolute Gasteiger partial charge is 0.489 e. The van der Waals surface area contributed by atoms with E-state index in [1.54, 1.807) is 24.3 Å². The predicted octanol–water partition coefficient (Wildman–Crippen LogP) is 3.18. The lowest BCUT2D eigenvalue weighted by atomic mass is 10.2. The van der Waals surface area contributed by atoms with Gasteiger partial charge in [-0.3, -0.25) is 4.31 Å². The van der Waals surface area contributed by atoms with E-state index in [1.807, 2.05) is 0 Å². The number of benzene rings is 2. The fourth-order valence-electron chi connectivity index (χ4n) is 2.20. The van der Waals surface area contributed by atoms with E-state index < -0.39 is 15.8 Å². The van der Waals surface area contributed by atoms with Crippen LogP contribution in [0.15, 0.2) is 51.8 Å². The number of halogens is 2. The fourth-order valence-corrected chi connectivity index (χ4v) is 4.67. The van der Waals surface area contributed by atoms with Gasteiger partial charge in [0.25, 0.3) is 10.0 Å². The Morgan fingerprint density at radius 2 is 1.95 bits per heavy atom. The summed E-state index contributed by atoms with van der Waals surface area (Å²) in [5.74, 6) is 0.0220. The van der Waals surface area contributed by atoms with Gasteiger partial charge in [-0.1, -0.05) is 12.1 Å². The Labute approximate surface area is 130 Å². The molecule has 110 valence electrons. The van der Waals surface area contributed by atoms with Gasteiger partial charge in [0.2, 0.25) is 0 Å². The zero-order chi connectivity index (χ0) is 15.0. The van der Waals surface area contributed by atoms with Crippen LogP contribution in [0.4, 0.5) is 10.1 Å². The van der Waals surface area contributed by atoms with Crippen molar-refractivity contribution in [2.75, 3.05) is 17.5 Å². The highest BCUT2D eigenvalue weighted by Gasteiger charge is 2.31. The molecule has 0 N–H and O–H groups in total. The molecule has 0 bridgehead atoms. The molecule has 0 spiro atoms. The SMILES string of the molecule is O=S(=O)(c1ccc(F)cc1Br)N1CCOc2ccccc21. The van der Waals surface area contributed by atoms with Gasteiger partial charge in [-0.25, -0.2) is 12.8 Å². The average molecular weight is 372 g/mol. The number of para-hydroxylation sites is 2. The summed E-state index contributed by atoms with van der Waals surface area (Å²) in [6.07, 6.45) is 0. The molecule has 0 fully saturated rings. The van der Waals surface area contributed by atoms with Crippen molar-refractivity contribution in [1.29, 1.82) is 0 Å². The maximum absolute atomic E-state index is 13.2. The summed E-state index contributed by atoms with van der Waals surface area (Å²) in [5, 5.41) is 0. The number of rotatable bonds is 2. The lowest BCUT2D eigenvalue weighted by Crippen LogP contribution is -2.38.